The highest BCUT2D eigenvalue weighted by Gasteiger charge is 2.21. The predicted molar refractivity (Wildman–Crippen MR) is 106 cm³/mol. The number of hydrogen-bond acceptors (Lipinski definition) is 6. The molecule has 1 saturated heterocycles. The van der Waals surface area contributed by atoms with E-state index >= 15 is 0 Å². The number of aromatic amines is 1. The van der Waals surface area contributed by atoms with Gasteiger partial charge in [0.2, 0.25) is 0 Å². The van der Waals surface area contributed by atoms with E-state index in [-0.39, 0.29) is 12.0 Å². The van der Waals surface area contributed by atoms with E-state index in [2.05, 4.69) is 32.7 Å². The molecule has 2 N–H and O–H groups in total. The van der Waals surface area contributed by atoms with Crippen LogP contribution in [-0.2, 0) is 0 Å². The molecule has 2 aromatic carbocycles. The van der Waals surface area contributed by atoms with Crippen molar-refractivity contribution in [1.82, 2.24) is 20.3 Å². The Kier molecular flexibility index (Phi) is 5.12. The molecule has 1 amide bonds. The van der Waals surface area contributed by atoms with Crippen LogP contribution in [0.3, 0.4) is 0 Å². The molecule has 1 aromatic heterocycles. The molecule has 0 radical (unpaired) electrons. The van der Waals surface area contributed by atoms with Gasteiger partial charge in [0.1, 0.15) is 17.1 Å². The van der Waals surface area contributed by atoms with Crippen molar-refractivity contribution in [1.29, 1.82) is 0 Å². The van der Waals surface area contributed by atoms with Gasteiger partial charge in [-0.1, -0.05) is 6.07 Å². The van der Waals surface area contributed by atoms with Crippen LogP contribution in [0.5, 0.6) is 11.5 Å². The first-order chi connectivity index (χ1) is 13.6. The van der Waals surface area contributed by atoms with Gasteiger partial charge in [-0.2, -0.15) is 15.4 Å². The largest absolute Gasteiger partial charge is 0.493 e. The SMILES string of the molecule is COc1ccc(C(=O)Nc2cccc3n[nH]nc23)cc1OC1CCN(C)CC1. The van der Waals surface area contributed by atoms with Gasteiger partial charge < -0.3 is 19.7 Å². The summed E-state index contributed by atoms with van der Waals surface area (Å²) >= 11 is 0. The first-order valence-corrected chi connectivity index (χ1v) is 9.28. The molecule has 4 rings (SSSR count). The Morgan fingerprint density at radius 2 is 2.00 bits per heavy atom. The van der Waals surface area contributed by atoms with Gasteiger partial charge in [-0.05, 0) is 50.2 Å². The number of hydrogen-bond donors (Lipinski definition) is 2. The molecule has 8 heteroatoms. The summed E-state index contributed by atoms with van der Waals surface area (Å²) in [6.45, 7) is 1.99. The number of fused-ring (bicyclic) bond motifs is 1. The fourth-order valence-electron chi connectivity index (χ4n) is 3.36. The summed E-state index contributed by atoms with van der Waals surface area (Å²) < 4.78 is 11.6. The van der Waals surface area contributed by atoms with Crippen LogP contribution in [0.25, 0.3) is 11.0 Å². The molecule has 0 aliphatic carbocycles. The number of methoxy groups -OCH3 is 1. The standard InChI is InChI=1S/C20H23N5O3/c1-25-10-8-14(9-11-25)28-18-12-13(6-7-17(18)27-2)20(26)21-15-4-3-5-16-19(15)23-24-22-16/h3-7,12,14H,8-11H2,1-2H3,(H,21,26)(H,22,23,24). The third-order valence-corrected chi connectivity index (χ3v) is 4.98. The fraction of sp³-hybridized carbons (Fsp3) is 0.350. The van der Waals surface area contributed by atoms with Gasteiger partial charge in [0, 0.05) is 18.7 Å². The van der Waals surface area contributed by atoms with Crippen molar-refractivity contribution >= 4 is 22.6 Å². The Balaban J connectivity index is 1.54. The van der Waals surface area contributed by atoms with Crippen molar-refractivity contribution in [3.05, 3.63) is 42.0 Å². The van der Waals surface area contributed by atoms with E-state index in [0.29, 0.717) is 33.8 Å². The van der Waals surface area contributed by atoms with Crippen molar-refractivity contribution in [3.63, 3.8) is 0 Å². The van der Waals surface area contributed by atoms with E-state index in [9.17, 15) is 4.79 Å². The van der Waals surface area contributed by atoms with Crippen LogP contribution < -0.4 is 14.8 Å². The smallest absolute Gasteiger partial charge is 0.255 e. The second-order valence-electron chi connectivity index (χ2n) is 6.94. The Bertz CT molecular complexity index is 979. The second kappa shape index (κ2) is 7.85. The Labute approximate surface area is 162 Å². The van der Waals surface area contributed by atoms with E-state index in [1.807, 2.05) is 12.1 Å². The third-order valence-electron chi connectivity index (χ3n) is 4.98. The molecule has 0 unspecified atom stereocenters. The van der Waals surface area contributed by atoms with Gasteiger partial charge in [-0.15, -0.1) is 0 Å². The maximum atomic E-state index is 12.8. The molecule has 0 saturated carbocycles. The van der Waals surface area contributed by atoms with Crippen molar-refractivity contribution in [3.8, 4) is 11.5 Å². The van der Waals surface area contributed by atoms with E-state index in [1.54, 1.807) is 31.4 Å². The lowest BCUT2D eigenvalue weighted by Gasteiger charge is -2.29. The van der Waals surface area contributed by atoms with Crippen molar-refractivity contribution < 1.29 is 14.3 Å². The molecule has 2 heterocycles. The zero-order valence-electron chi connectivity index (χ0n) is 15.9. The van der Waals surface area contributed by atoms with Crippen LogP contribution in [0.1, 0.15) is 23.2 Å². The summed E-state index contributed by atoms with van der Waals surface area (Å²) in [5.41, 5.74) is 2.40. The number of ether oxygens (including phenoxy) is 2. The molecule has 1 aliphatic heterocycles. The first-order valence-electron chi connectivity index (χ1n) is 9.28. The van der Waals surface area contributed by atoms with Crippen molar-refractivity contribution in [2.24, 2.45) is 0 Å². The lowest BCUT2D eigenvalue weighted by atomic mass is 10.1. The number of benzene rings is 2. The monoisotopic (exact) mass is 381 g/mol. The van der Waals surface area contributed by atoms with Crippen LogP contribution in [0.15, 0.2) is 36.4 Å². The van der Waals surface area contributed by atoms with Crippen LogP contribution >= 0.6 is 0 Å². The zero-order valence-corrected chi connectivity index (χ0v) is 15.9. The van der Waals surface area contributed by atoms with Gasteiger partial charge in [-0.3, -0.25) is 4.79 Å². The van der Waals surface area contributed by atoms with Crippen LogP contribution in [0.2, 0.25) is 0 Å². The van der Waals surface area contributed by atoms with Crippen LogP contribution in [0, 0.1) is 0 Å². The number of rotatable bonds is 5. The molecule has 0 spiro atoms. The molecule has 1 fully saturated rings. The number of carbonyl (C=O) groups excluding carboxylic acids is 1. The summed E-state index contributed by atoms with van der Waals surface area (Å²) in [6.07, 6.45) is 2.02. The average Bonchev–Trinajstić information content (AvgIpc) is 3.19. The normalized spacial score (nSPS) is 15.5. The lowest BCUT2D eigenvalue weighted by molar-refractivity contribution is 0.102. The molecule has 0 atom stereocenters. The highest BCUT2D eigenvalue weighted by atomic mass is 16.5. The number of nitrogens with one attached hydrogen (secondary N) is 2. The number of H-pyrrole nitrogens is 1. The highest BCUT2D eigenvalue weighted by Crippen LogP contribution is 2.31. The molecular formula is C20H23N5O3. The average molecular weight is 381 g/mol. The summed E-state index contributed by atoms with van der Waals surface area (Å²) in [7, 11) is 3.71. The Morgan fingerprint density at radius 3 is 2.79 bits per heavy atom. The molecule has 3 aromatic rings. The lowest BCUT2D eigenvalue weighted by Crippen LogP contribution is -2.35. The van der Waals surface area contributed by atoms with E-state index in [4.69, 9.17) is 9.47 Å². The second-order valence-corrected chi connectivity index (χ2v) is 6.94. The van der Waals surface area contributed by atoms with Crippen molar-refractivity contribution in [2.45, 2.75) is 18.9 Å². The van der Waals surface area contributed by atoms with Gasteiger partial charge in [0.05, 0.1) is 12.8 Å². The van der Waals surface area contributed by atoms with Gasteiger partial charge in [-0.25, -0.2) is 0 Å². The summed E-state index contributed by atoms with van der Waals surface area (Å²) in [6, 6.07) is 10.7. The summed E-state index contributed by atoms with van der Waals surface area (Å²) in [5.74, 6) is 0.963. The number of anilines is 1. The fourth-order valence-corrected chi connectivity index (χ4v) is 3.36. The number of piperidine rings is 1. The first kappa shape index (κ1) is 18.2. The van der Waals surface area contributed by atoms with Crippen molar-refractivity contribution in [2.75, 3.05) is 32.6 Å². The number of carbonyl (C=O) groups is 1. The van der Waals surface area contributed by atoms with E-state index in [0.717, 1.165) is 25.9 Å². The van der Waals surface area contributed by atoms with Crippen LogP contribution in [0.4, 0.5) is 5.69 Å². The maximum absolute atomic E-state index is 12.8. The number of amides is 1. The van der Waals surface area contributed by atoms with Gasteiger partial charge in [0.25, 0.3) is 5.91 Å². The molecule has 146 valence electrons. The molecule has 28 heavy (non-hydrogen) atoms. The molecule has 1 aliphatic rings. The quantitative estimate of drug-likeness (QED) is 0.706. The van der Waals surface area contributed by atoms with E-state index < -0.39 is 0 Å². The van der Waals surface area contributed by atoms with Crippen LogP contribution in [-0.4, -0.2) is 59.6 Å². The number of aromatic nitrogens is 3. The number of nitrogens with zero attached hydrogens (tertiary/aromatic N) is 3. The minimum absolute atomic E-state index is 0.118. The highest BCUT2D eigenvalue weighted by molar-refractivity contribution is 6.08. The Hall–Kier alpha value is -3.13. The third kappa shape index (κ3) is 3.77. The number of likely N-dealkylation sites (tertiary alicyclic amines) is 1. The summed E-state index contributed by atoms with van der Waals surface area (Å²) in [5, 5.41) is 13.6. The minimum Gasteiger partial charge on any atom is -0.493 e. The summed E-state index contributed by atoms with van der Waals surface area (Å²) in [4.78, 5) is 15.1. The topological polar surface area (TPSA) is 92.4 Å². The zero-order chi connectivity index (χ0) is 19.5. The molecule has 0 bridgehead atoms. The maximum Gasteiger partial charge on any atom is 0.255 e. The predicted octanol–water partition coefficient (Wildman–Crippen LogP) is 2.69. The Morgan fingerprint density at radius 1 is 1.18 bits per heavy atom. The molecule has 8 nitrogen and oxygen atoms in total. The van der Waals surface area contributed by atoms with E-state index in [1.165, 1.54) is 0 Å². The van der Waals surface area contributed by atoms with Gasteiger partial charge >= 0.3 is 0 Å². The molecular weight excluding hydrogens is 358 g/mol. The van der Waals surface area contributed by atoms with Gasteiger partial charge in [0.15, 0.2) is 11.5 Å². The minimum atomic E-state index is -0.244. The number of para-hydroxylation sites is 1.